The molecule has 4 heterocycles. The number of morpholine rings is 1. The van der Waals surface area contributed by atoms with E-state index in [0.717, 1.165) is 24.8 Å². The zero-order valence-corrected chi connectivity index (χ0v) is 19.3. The van der Waals surface area contributed by atoms with Gasteiger partial charge in [-0.1, -0.05) is 12.1 Å². The minimum atomic E-state index is -3.57. The Hall–Kier alpha value is -1.85. The van der Waals surface area contributed by atoms with Crippen LogP contribution in [-0.2, 0) is 24.3 Å². The fourth-order valence-electron chi connectivity index (χ4n) is 4.85. The van der Waals surface area contributed by atoms with Crippen molar-refractivity contribution in [3.8, 4) is 0 Å². The molecule has 3 aliphatic rings. The number of fused-ring (bicyclic) bond motifs is 2. The third kappa shape index (κ3) is 4.47. The monoisotopic (exact) mass is 477 g/mol. The highest BCUT2D eigenvalue weighted by molar-refractivity contribution is 7.89. The van der Waals surface area contributed by atoms with Gasteiger partial charge in [-0.15, -0.1) is 11.3 Å². The second-order valence-corrected chi connectivity index (χ2v) is 11.4. The summed E-state index contributed by atoms with van der Waals surface area (Å²) in [4.78, 5) is 17.6. The number of benzene rings is 1. The van der Waals surface area contributed by atoms with Crippen LogP contribution in [0.2, 0.25) is 0 Å². The van der Waals surface area contributed by atoms with Crippen LogP contribution in [0.15, 0.2) is 40.7 Å². The van der Waals surface area contributed by atoms with Crippen LogP contribution in [0, 0.1) is 5.92 Å². The second-order valence-electron chi connectivity index (χ2n) is 8.66. The maximum absolute atomic E-state index is 13.1. The first-order valence-corrected chi connectivity index (χ1v) is 13.3. The van der Waals surface area contributed by atoms with Gasteiger partial charge in [0.05, 0.1) is 29.6 Å². The van der Waals surface area contributed by atoms with Crippen molar-refractivity contribution in [2.45, 2.75) is 48.6 Å². The fraction of sp³-hybridized carbons (Fsp3) is 0.545. The maximum Gasteiger partial charge on any atom is 0.243 e. The van der Waals surface area contributed by atoms with Crippen LogP contribution in [0.4, 0.5) is 5.13 Å². The lowest BCUT2D eigenvalue weighted by Gasteiger charge is -2.27. The van der Waals surface area contributed by atoms with Crippen LogP contribution in [0.3, 0.4) is 0 Å². The van der Waals surface area contributed by atoms with Gasteiger partial charge in [0.1, 0.15) is 0 Å². The summed E-state index contributed by atoms with van der Waals surface area (Å²) in [6.07, 6.45) is 4.97. The Morgan fingerprint density at radius 1 is 1.25 bits per heavy atom. The topological polar surface area (TPSA) is 97.8 Å². The van der Waals surface area contributed by atoms with Crippen molar-refractivity contribution in [2.24, 2.45) is 5.92 Å². The molecule has 8 nitrogen and oxygen atoms in total. The van der Waals surface area contributed by atoms with E-state index in [9.17, 15) is 13.2 Å². The number of ether oxygens (including phenoxy) is 2. The third-order valence-corrected chi connectivity index (χ3v) is 9.25. The molecule has 172 valence electrons. The normalized spacial score (nSPS) is 25.1. The van der Waals surface area contributed by atoms with E-state index < -0.39 is 10.0 Å². The standard InChI is InChI=1S/C22H27N3O5S2/c26-21(24-22-23-7-10-31-22)20(11-15-5-8-29-9-6-15)16-1-3-19(4-2-16)32(27,28)25-13-18-12-17(25)14-30-18/h1-4,7,10,15,17-18,20H,5-6,8-9,11-14H2,(H,23,24,26)/t17-,18-,20?/m0/s1. The predicted molar refractivity (Wildman–Crippen MR) is 120 cm³/mol. The lowest BCUT2D eigenvalue weighted by molar-refractivity contribution is -0.118. The Kier molecular flexibility index (Phi) is 6.31. The molecular weight excluding hydrogens is 450 g/mol. The van der Waals surface area contributed by atoms with Crippen LogP contribution in [-0.4, -0.2) is 62.1 Å². The fourth-order valence-corrected chi connectivity index (χ4v) is 7.04. The Labute approximate surface area is 192 Å². The van der Waals surface area contributed by atoms with Crippen molar-refractivity contribution < 1.29 is 22.7 Å². The number of rotatable bonds is 7. The van der Waals surface area contributed by atoms with E-state index >= 15 is 0 Å². The molecular formula is C22H27N3O5S2. The Morgan fingerprint density at radius 3 is 2.66 bits per heavy atom. The quantitative estimate of drug-likeness (QED) is 0.659. The molecule has 1 amide bonds. The number of sulfonamides is 1. The molecule has 3 saturated heterocycles. The van der Waals surface area contributed by atoms with E-state index in [-0.39, 0.29) is 28.9 Å². The smallest absolute Gasteiger partial charge is 0.243 e. The van der Waals surface area contributed by atoms with Crippen molar-refractivity contribution in [3.05, 3.63) is 41.4 Å². The molecule has 1 aromatic heterocycles. The number of hydrogen-bond acceptors (Lipinski definition) is 7. The summed E-state index contributed by atoms with van der Waals surface area (Å²) in [6.45, 7) is 2.30. The highest BCUT2D eigenvalue weighted by Crippen LogP contribution is 2.35. The molecule has 0 radical (unpaired) electrons. The van der Waals surface area contributed by atoms with Crippen molar-refractivity contribution in [3.63, 3.8) is 0 Å². The summed E-state index contributed by atoms with van der Waals surface area (Å²) in [5.74, 6) is -0.106. The summed E-state index contributed by atoms with van der Waals surface area (Å²) in [5.41, 5.74) is 0.816. The summed E-state index contributed by atoms with van der Waals surface area (Å²) in [7, 11) is -3.57. The lowest BCUT2D eigenvalue weighted by atomic mass is 9.84. The molecule has 1 N–H and O–H groups in total. The van der Waals surface area contributed by atoms with E-state index in [1.807, 2.05) is 5.38 Å². The molecule has 2 bridgehead atoms. The molecule has 0 aliphatic carbocycles. The SMILES string of the molecule is O=C(Nc1nccs1)C(CC1CCOCC1)c1ccc(S(=O)(=O)N2C[C@@H]3C[C@H]2CO3)cc1. The summed E-state index contributed by atoms with van der Waals surface area (Å²) in [5, 5.41) is 5.30. The van der Waals surface area contributed by atoms with Gasteiger partial charge in [0.2, 0.25) is 15.9 Å². The van der Waals surface area contributed by atoms with Gasteiger partial charge in [-0.3, -0.25) is 4.79 Å². The van der Waals surface area contributed by atoms with Gasteiger partial charge in [0, 0.05) is 31.3 Å². The summed E-state index contributed by atoms with van der Waals surface area (Å²) < 4.78 is 38.8. The number of anilines is 1. The van der Waals surface area contributed by atoms with Gasteiger partial charge >= 0.3 is 0 Å². The molecule has 10 heteroatoms. The highest BCUT2D eigenvalue weighted by atomic mass is 32.2. The minimum Gasteiger partial charge on any atom is -0.381 e. The van der Waals surface area contributed by atoms with Crippen molar-refractivity contribution >= 4 is 32.4 Å². The molecule has 5 rings (SSSR count). The van der Waals surface area contributed by atoms with Crippen molar-refractivity contribution in [1.82, 2.24) is 9.29 Å². The average Bonchev–Trinajstić information content (AvgIpc) is 3.57. The molecule has 32 heavy (non-hydrogen) atoms. The van der Waals surface area contributed by atoms with Crippen LogP contribution in [0.5, 0.6) is 0 Å². The van der Waals surface area contributed by atoms with Crippen molar-refractivity contribution in [2.75, 3.05) is 31.7 Å². The summed E-state index contributed by atoms with van der Waals surface area (Å²) in [6, 6.07) is 6.75. The predicted octanol–water partition coefficient (Wildman–Crippen LogP) is 2.84. The summed E-state index contributed by atoms with van der Waals surface area (Å²) >= 11 is 1.38. The van der Waals surface area contributed by atoms with Gasteiger partial charge in [-0.25, -0.2) is 13.4 Å². The van der Waals surface area contributed by atoms with Crippen LogP contribution in [0.1, 0.15) is 37.2 Å². The van der Waals surface area contributed by atoms with E-state index in [1.165, 1.54) is 11.3 Å². The first-order chi connectivity index (χ1) is 15.5. The number of carbonyl (C=O) groups is 1. The molecule has 0 spiro atoms. The van der Waals surface area contributed by atoms with Crippen LogP contribution in [0.25, 0.3) is 0 Å². The number of thiazole rings is 1. The first kappa shape index (κ1) is 22.0. The molecule has 3 aliphatic heterocycles. The van der Waals surface area contributed by atoms with Gasteiger partial charge in [-0.2, -0.15) is 4.31 Å². The van der Waals surface area contributed by atoms with E-state index in [4.69, 9.17) is 9.47 Å². The molecule has 1 aromatic carbocycles. The number of nitrogens with zero attached hydrogens (tertiary/aromatic N) is 2. The Bertz CT molecular complexity index is 1040. The largest absolute Gasteiger partial charge is 0.381 e. The van der Waals surface area contributed by atoms with Crippen molar-refractivity contribution in [1.29, 1.82) is 0 Å². The average molecular weight is 478 g/mol. The van der Waals surface area contributed by atoms with E-state index in [0.29, 0.717) is 43.8 Å². The lowest BCUT2D eigenvalue weighted by Crippen LogP contribution is -2.41. The second kappa shape index (κ2) is 9.18. The molecule has 1 unspecified atom stereocenters. The zero-order chi connectivity index (χ0) is 22.1. The zero-order valence-electron chi connectivity index (χ0n) is 17.7. The van der Waals surface area contributed by atoms with Gasteiger partial charge in [0.25, 0.3) is 0 Å². The van der Waals surface area contributed by atoms with Gasteiger partial charge in [0.15, 0.2) is 5.13 Å². The van der Waals surface area contributed by atoms with E-state index in [2.05, 4.69) is 10.3 Å². The Morgan fingerprint density at radius 2 is 2.03 bits per heavy atom. The third-order valence-electron chi connectivity index (χ3n) is 6.63. The molecule has 3 atom stereocenters. The number of hydrogen-bond donors (Lipinski definition) is 1. The number of nitrogens with one attached hydrogen (secondary N) is 1. The van der Waals surface area contributed by atoms with E-state index in [1.54, 1.807) is 34.8 Å². The maximum atomic E-state index is 13.1. The number of aromatic nitrogens is 1. The molecule has 3 fully saturated rings. The van der Waals surface area contributed by atoms with Gasteiger partial charge in [-0.05, 0) is 49.3 Å². The van der Waals surface area contributed by atoms with Crippen LogP contribution < -0.4 is 5.32 Å². The van der Waals surface area contributed by atoms with Crippen LogP contribution >= 0.6 is 11.3 Å². The number of amides is 1. The molecule has 0 saturated carbocycles. The number of carbonyl (C=O) groups excluding carboxylic acids is 1. The Balaban J connectivity index is 1.36. The van der Waals surface area contributed by atoms with Gasteiger partial charge < -0.3 is 14.8 Å². The molecule has 2 aromatic rings. The highest BCUT2D eigenvalue weighted by Gasteiger charge is 2.45. The minimum absolute atomic E-state index is 0.00691. The first-order valence-electron chi connectivity index (χ1n) is 11.0.